The van der Waals surface area contributed by atoms with Crippen LogP contribution in [0.4, 0.5) is 0 Å². The number of carbonyl (C=O) groups excluding carboxylic acids is 2. The predicted octanol–water partition coefficient (Wildman–Crippen LogP) is 7.38. The van der Waals surface area contributed by atoms with Crippen LogP contribution in [0.2, 0.25) is 0 Å². The van der Waals surface area contributed by atoms with Gasteiger partial charge in [-0.3, -0.25) is 4.79 Å². The molecule has 0 spiro atoms. The first kappa shape index (κ1) is 29.5. The summed E-state index contributed by atoms with van der Waals surface area (Å²) in [5.74, 6) is 2.73. The van der Waals surface area contributed by atoms with Crippen molar-refractivity contribution >= 4 is 23.5 Å². The quantitative estimate of drug-likeness (QED) is 0.145. The maximum Gasteiger partial charge on any atom is 0.308 e. The molecule has 0 radical (unpaired) electrons. The minimum atomic E-state index is -0.167. The molecule has 0 aliphatic carbocycles. The van der Waals surface area contributed by atoms with Crippen LogP contribution in [0.1, 0.15) is 73.3 Å². The smallest absolute Gasteiger partial charge is 0.308 e. The van der Waals surface area contributed by atoms with Crippen LogP contribution in [-0.4, -0.2) is 24.6 Å². The van der Waals surface area contributed by atoms with Gasteiger partial charge < -0.3 is 9.53 Å². The standard InChI is InChI=1S/C23H34O3S.C4H10/c1-17(2)8-9-20(16-19(4)24)7-6-14-27-22-12-10-21(11-13-22)15-18(3)23(25)26-5;1-4(2)3/h8-13,17-18,20H,6-7,14-16H2,1-5H3;4H,1-3H3/b9-8+;/t18?,20-;/m1./s1. The summed E-state index contributed by atoms with van der Waals surface area (Å²) < 4.78 is 4.78. The second-order valence-corrected chi connectivity index (χ2v) is 10.5. The van der Waals surface area contributed by atoms with Gasteiger partial charge in [-0.15, -0.1) is 11.8 Å². The van der Waals surface area contributed by atoms with E-state index in [0.29, 0.717) is 24.7 Å². The molecule has 2 atom stereocenters. The second-order valence-electron chi connectivity index (χ2n) is 9.29. The summed E-state index contributed by atoms with van der Waals surface area (Å²) in [5.41, 5.74) is 1.15. The number of rotatable bonds is 12. The Morgan fingerprint density at radius 1 is 1.00 bits per heavy atom. The van der Waals surface area contributed by atoms with E-state index >= 15 is 0 Å². The first-order valence-corrected chi connectivity index (χ1v) is 12.5. The molecule has 4 heteroatoms. The number of ketones is 1. The van der Waals surface area contributed by atoms with Gasteiger partial charge in [-0.2, -0.15) is 0 Å². The highest BCUT2D eigenvalue weighted by Crippen LogP contribution is 2.23. The molecular weight excluding hydrogens is 404 g/mol. The number of hydrogen-bond donors (Lipinski definition) is 0. The summed E-state index contributed by atoms with van der Waals surface area (Å²) in [6.07, 6.45) is 7.90. The number of ether oxygens (including phenoxy) is 1. The molecular formula is C27H44O3S. The van der Waals surface area contributed by atoms with Crippen LogP contribution in [0.3, 0.4) is 0 Å². The molecule has 0 fully saturated rings. The molecule has 0 aromatic heterocycles. The van der Waals surface area contributed by atoms with E-state index in [9.17, 15) is 9.59 Å². The van der Waals surface area contributed by atoms with E-state index in [0.717, 1.165) is 30.1 Å². The third-order valence-corrected chi connectivity index (χ3v) is 5.47. The van der Waals surface area contributed by atoms with Crippen LogP contribution in [0, 0.1) is 23.7 Å². The first-order valence-electron chi connectivity index (χ1n) is 11.5. The van der Waals surface area contributed by atoms with Crippen LogP contribution in [-0.2, 0) is 20.7 Å². The molecule has 31 heavy (non-hydrogen) atoms. The lowest BCUT2D eigenvalue weighted by molar-refractivity contribution is -0.144. The van der Waals surface area contributed by atoms with E-state index in [2.05, 4.69) is 71.0 Å². The largest absolute Gasteiger partial charge is 0.469 e. The number of Topliss-reactive ketones (excluding diaryl/α,β-unsaturated/α-hetero) is 1. The predicted molar refractivity (Wildman–Crippen MR) is 135 cm³/mol. The Kier molecular flexibility index (Phi) is 16.2. The summed E-state index contributed by atoms with van der Waals surface area (Å²) in [7, 11) is 1.43. The maximum atomic E-state index is 11.5. The minimum Gasteiger partial charge on any atom is -0.469 e. The third-order valence-electron chi connectivity index (χ3n) is 4.37. The van der Waals surface area contributed by atoms with Gasteiger partial charge in [0.1, 0.15) is 5.78 Å². The van der Waals surface area contributed by atoms with Gasteiger partial charge in [0, 0.05) is 11.3 Å². The number of esters is 1. The summed E-state index contributed by atoms with van der Waals surface area (Å²) in [6.45, 7) is 14.4. The summed E-state index contributed by atoms with van der Waals surface area (Å²) in [6, 6.07) is 8.42. The molecule has 0 heterocycles. The monoisotopic (exact) mass is 448 g/mol. The topological polar surface area (TPSA) is 43.4 Å². The lowest BCUT2D eigenvalue weighted by Gasteiger charge is -2.12. The zero-order valence-corrected chi connectivity index (χ0v) is 21.8. The van der Waals surface area contributed by atoms with Crippen LogP contribution < -0.4 is 0 Å². The van der Waals surface area contributed by atoms with Crippen molar-refractivity contribution in [2.24, 2.45) is 23.7 Å². The lowest BCUT2D eigenvalue weighted by atomic mass is 9.96. The Hall–Kier alpha value is -1.55. The Balaban J connectivity index is 0.00000206. The fraction of sp³-hybridized carbons (Fsp3) is 0.630. The molecule has 0 bridgehead atoms. The number of methoxy groups -OCH3 is 1. The van der Waals surface area contributed by atoms with Gasteiger partial charge in [0.25, 0.3) is 0 Å². The van der Waals surface area contributed by atoms with Gasteiger partial charge in [0.2, 0.25) is 0 Å². The first-order chi connectivity index (χ1) is 14.5. The van der Waals surface area contributed by atoms with E-state index in [-0.39, 0.29) is 17.7 Å². The van der Waals surface area contributed by atoms with Crippen LogP contribution in [0.15, 0.2) is 41.3 Å². The molecule has 0 amide bonds. The van der Waals surface area contributed by atoms with E-state index in [1.807, 2.05) is 18.7 Å². The van der Waals surface area contributed by atoms with Crippen LogP contribution >= 0.6 is 11.8 Å². The highest BCUT2D eigenvalue weighted by Gasteiger charge is 2.13. The van der Waals surface area contributed by atoms with Crippen molar-refractivity contribution in [3.8, 4) is 0 Å². The number of thioether (sulfide) groups is 1. The summed E-state index contributed by atoms with van der Waals surface area (Å²) in [5, 5.41) is 0. The average molecular weight is 449 g/mol. The minimum absolute atomic E-state index is 0.120. The molecule has 0 saturated carbocycles. The molecule has 1 aromatic carbocycles. The lowest BCUT2D eigenvalue weighted by Crippen LogP contribution is -2.14. The van der Waals surface area contributed by atoms with E-state index < -0.39 is 0 Å². The maximum absolute atomic E-state index is 11.5. The molecule has 1 unspecified atom stereocenters. The molecule has 176 valence electrons. The Morgan fingerprint density at radius 3 is 2.06 bits per heavy atom. The Labute approximate surface area is 195 Å². The SMILES string of the molecule is CC(C)C.COC(=O)C(C)Cc1ccc(SCCC[C@H](/C=C/C(C)C)CC(C)=O)cc1. The second kappa shape index (κ2) is 17.1. The fourth-order valence-corrected chi connectivity index (χ4v) is 3.79. The normalized spacial score (nSPS) is 13.1. The van der Waals surface area contributed by atoms with Crippen molar-refractivity contribution in [2.45, 2.75) is 79.0 Å². The van der Waals surface area contributed by atoms with Crippen LogP contribution in [0.25, 0.3) is 0 Å². The van der Waals surface area contributed by atoms with Gasteiger partial charge in [0.15, 0.2) is 0 Å². The van der Waals surface area contributed by atoms with Crippen molar-refractivity contribution < 1.29 is 14.3 Å². The zero-order valence-electron chi connectivity index (χ0n) is 20.9. The average Bonchev–Trinajstić information content (AvgIpc) is 2.68. The van der Waals surface area contributed by atoms with Crippen molar-refractivity contribution in [3.05, 3.63) is 42.0 Å². The highest BCUT2D eigenvalue weighted by molar-refractivity contribution is 7.99. The van der Waals surface area contributed by atoms with Gasteiger partial charge in [-0.25, -0.2) is 0 Å². The van der Waals surface area contributed by atoms with Crippen LogP contribution in [0.5, 0.6) is 0 Å². The number of hydrogen-bond acceptors (Lipinski definition) is 4. The summed E-state index contributed by atoms with van der Waals surface area (Å²) >= 11 is 1.84. The zero-order chi connectivity index (χ0) is 23.8. The molecule has 0 aliphatic rings. The molecule has 0 saturated heterocycles. The molecule has 3 nitrogen and oxygen atoms in total. The van der Waals surface area contributed by atoms with E-state index in [1.54, 1.807) is 6.92 Å². The Morgan fingerprint density at radius 2 is 1.58 bits per heavy atom. The van der Waals surface area contributed by atoms with Gasteiger partial charge in [0.05, 0.1) is 13.0 Å². The van der Waals surface area contributed by atoms with Gasteiger partial charge in [-0.05, 0) is 67.4 Å². The van der Waals surface area contributed by atoms with Crippen molar-refractivity contribution in [3.63, 3.8) is 0 Å². The number of carbonyl (C=O) groups is 2. The Bertz CT molecular complexity index is 644. The van der Waals surface area contributed by atoms with Gasteiger partial charge in [-0.1, -0.05) is 65.8 Å². The number of benzene rings is 1. The fourth-order valence-electron chi connectivity index (χ4n) is 2.91. The molecule has 0 N–H and O–H groups in total. The molecule has 1 rings (SSSR count). The highest BCUT2D eigenvalue weighted by atomic mass is 32.2. The number of allylic oxidation sites excluding steroid dienone is 2. The van der Waals surface area contributed by atoms with Gasteiger partial charge >= 0.3 is 5.97 Å². The molecule has 0 aliphatic heterocycles. The summed E-state index contributed by atoms with van der Waals surface area (Å²) in [4.78, 5) is 24.2. The van der Waals surface area contributed by atoms with Crippen molar-refractivity contribution in [1.82, 2.24) is 0 Å². The third kappa shape index (κ3) is 16.8. The van der Waals surface area contributed by atoms with E-state index in [1.165, 1.54) is 12.0 Å². The molecule has 1 aromatic rings. The van der Waals surface area contributed by atoms with E-state index in [4.69, 9.17) is 4.74 Å². The van der Waals surface area contributed by atoms with Crippen molar-refractivity contribution in [2.75, 3.05) is 12.9 Å². The van der Waals surface area contributed by atoms with Crippen molar-refractivity contribution in [1.29, 1.82) is 0 Å².